The summed E-state index contributed by atoms with van der Waals surface area (Å²) < 4.78 is 0. The summed E-state index contributed by atoms with van der Waals surface area (Å²) >= 11 is 0. The number of hydrogen-bond donors (Lipinski definition) is 1. The quantitative estimate of drug-likeness (QED) is 0.627. The first-order valence-corrected chi connectivity index (χ1v) is 3.73. The van der Waals surface area contributed by atoms with Crippen molar-refractivity contribution in [3.05, 3.63) is 12.7 Å². The lowest BCUT2D eigenvalue weighted by molar-refractivity contribution is -0.130. The summed E-state index contributed by atoms with van der Waals surface area (Å²) in [4.78, 5) is 11.0. The summed E-state index contributed by atoms with van der Waals surface area (Å²) in [5.74, 6) is 0.00634. The normalized spacial score (nSPS) is 14.2. The third-order valence-electron chi connectivity index (χ3n) is 2.13. The largest absolute Gasteiger partial charge is 0.392 e. The van der Waals surface area contributed by atoms with Gasteiger partial charge in [-0.15, -0.1) is 6.58 Å². The molecule has 64 valence electrons. The first-order chi connectivity index (χ1) is 4.92. The fourth-order valence-electron chi connectivity index (χ4n) is 0.687. The van der Waals surface area contributed by atoms with E-state index in [2.05, 4.69) is 6.58 Å². The molecule has 0 amide bonds. The van der Waals surface area contributed by atoms with Crippen LogP contribution in [0.25, 0.3) is 0 Å². The highest BCUT2D eigenvalue weighted by molar-refractivity contribution is 5.82. The minimum atomic E-state index is -0.645. The van der Waals surface area contributed by atoms with E-state index in [0.717, 1.165) is 0 Å². The van der Waals surface area contributed by atoms with Gasteiger partial charge in [0.15, 0.2) is 0 Å². The number of carbonyl (C=O) groups excluding carboxylic acids is 1. The van der Waals surface area contributed by atoms with Gasteiger partial charge in [-0.1, -0.05) is 19.9 Å². The van der Waals surface area contributed by atoms with Crippen LogP contribution < -0.4 is 0 Å². The number of aliphatic hydroxyl groups excluding tert-OH is 1. The van der Waals surface area contributed by atoms with Crippen LogP contribution in [0.2, 0.25) is 0 Å². The third-order valence-corrected chi connectivity index (χ3v) is 2.13. The molecule has 2 nitrogen and oxygen atoms in total. The molecule has 0 aromatic rings. The zero-order valence-electron chi connectivity index (χ0n) is 7.42. The number of Topliss-reactive ketones (excluding diaryl/α,β-unsaturated/α-hetero) is 1. The Morgan fingerprint density at radius 1 is 1.73 bits per heavy atom. The first kappa shape index (κ1) is 10.4. The van der Waals surface area contributed by atoms with Gasteiger partial charge >= 0.3 is 0 Å². The molecule has 0 saturated carbocycles. The summed E-state index contributed by atoms with van der Waals surface area (Å²) in [7, 11) is 0. The Morgan fingerprint density at radius 2 is 2.18 bits per heavy atom. The lowest BCUT2D eigenvalue weighted by Gasteiger charge is -2.26. The van der Waals surface area contributed by atoms with Crippen molar-refractivity contribution in [2.45, 2.75) is 33.3 Å². The van der Waals surface area contributed by atoms with E-state index in [4.69, 9.17) is 0 Å². The molecule has 0 heterocycles. The predicted molar refractivity (Wildman–Crippen MR) is 45.3 cm³/mol. The smallest absolute Gasteiger partial charge is 0.138 e. The number of hydrogen-bond acceptors (Lipinski definition) is 2. The minimum absolute atomic E-state index is 0.00634. The molecular weight excluding hydrogens is 140 g/mol. The Hall–Kier alpha value is -0.630. The predicted octanol–water partition coefficient (Wildman–Crippen LogP) is 1.54. The van der Waals surface area contributed by atoms with E-state index in [1.807, 2.05) is 0 Å². The molecule has 0 aliphatic rings. The van der Waals surface area contributed by atoms with E-state index < -0.39 is 11.5 Å². The highest BCUT2D eigenvalue weighted by atomic mass is 16.3. The third kappa shape index (κ3) is 2.46. The first-order valence-electron chi connectivity index (χ1n) is 3.73. The molecule has 0 aliphatic heterocycles. The fourth-order valence-corrected chi connectivity index (χ4v) is 0.687. The monoisotopic (exact) mass is 156 g/mol. The van der Waals surface area contributed by atoms with Crippen LogP contribution in [0.4, 0.5) is 0 Å². The molecule has 0 spiro atoms. The van der Waals surface area contributed by atoms with Crippen molar-refractivity contribution in [3.63, 3.8) is 0 Å². The van der Waals surface area contributed by atoms with E-state index in [1.54, 1.807) is 19.9 Å². The maximum absolute atomic E-state index is 11.0. The molecule has 0 fully saturated rings. The Morgan fingerprint density at radius 3 is 2.45 bits per heavy atom. The molecule has 0 rings (SSSR count). The Kier molecular flexibility index (Phi) is 3.46. The highest BCUT2D eigenvalue weighted by Crippen LogP contribution is 2.23. The molecule has 1 N–H and O–H groups in total. The van der Waals surface area contributed by atoms with Gasteiger partial charge in [-0.25, -0.2) is 0 Å². The summed E-state index contributed by atoms with van der Waals surface area (Å²) in [6, 6.07) is 0. The van der Waals surface area contributed by atoms with Gasteiger partial charge in [0.25, 0.3) is 0 Å². The van der Waals surface area contributed by atoms with E-state index in [9.17, 15) is 9.90 Å². The second-order valence-corrected chi connectivity index (χ2v) is 3.32. The minimum Gasteiger partial charge on any atom is -0.392 e. The summed E-state index contributed by atoms with van der Waals surface area (Å²) in [6.07, 6.45) is 1.47. The van der Waals surface area contributed by atoms with Gasteiger partial charge in [0.2, 0.25) is 0 Å². The summed E-state index contributed by atoms with van der Waals surface area (Å²) in [6.45, 7) is 8.47. The molecule has 0 radical (unpaired) electrons. The molecule has 2 heteroatoms. The standard InChI is InChI=1S/C9H16O2/c1-5-6-8(11)9(3,4)7(2)10/h5,8,11H,1,6H2,2-4H3/t8-/m0/s1. The second kappa shape index (κ2) is 3.67. The van der Waals surface area contributed by atoms with Crippen LogP contribution in [0.15, 0.2) is 12.7 Å². The molecule has 1 atom stereocenters. The molecule has 0 unspecified atom stereocenters. The van der Waals surface area contributed by atoms with Crippen molar-refractivity contribution in [2.75, 3.05) is 0 Å². The molecule has 0 aromatic carbocycles. The number of ketones is 1. The van der Waals surface area contributed by atoms with E-state index in [0.29, 0.717) is 6.42 Å². The van der Waals surface area contributed by atoms with Crippen molar-refractivity contribution < 1.29 is 9.90 Å². The van der Waals surface area contributed by atoms with Gasteiger partial charge in [-0.2, -0.15) is 0 Å². The lowest BCUT2D eigenvalue weighted by Crippen LogP contribution is -2.35. The number of rotatable bonds is 4. The molecule has 0 aromatic heterocycles. The highest BCUT2D eigenvalue weighted by Gasteiger charge is 2.31. The second-order valence-electron chi connectivity index (χ2n) is 3.32. The van der Waals surface area contributed by atoms with Crippen molar-refractivity contribution in [1.82, 2.24) is 0 Å². The zero-order valence-corrected chi connectivity index (χ0v) is 7.42. The van der Waals surface area contributed by atoms with Gasteiger partial charge in [-0.05, 0) is 13.3 Å². The molecule has 0 saturated heterocycles. The Bertz CT molecular complexity index is 159. The van der Waals surface area contributed by atoms with Crippen LogP contribution in [-0.2, 0) is 4.79 Å². The average molecular weight is 156 g/mol. The van der Waals surface area contributed by atoms with Crippen LogP contribution in [0, 0.1) is 5.41 Å². The van der Waals surface area contributed by atoms with Crippen molar-refractivity contribution in [3.8, 4) is 0 Å². The summed E-state index contributed by atoms with van der Waals surface area (Å²) in [5.41, 5.74) is -0.645. The van der Waals surface area contributed by atoms with Crippen LogP contribution >= 0.6 is 0 Å². The zero-order chi connectivity index (χ0) is 9.07. The Balaban J connectivity index is 4.28. The topological polar surface area (TPSA) is 37.3 Å². The van der Waals surface area contributed by atoms with Crippen LogP contribution in [-0.4, -0.2) is 17.0 Å². The molecular formula is C9H16O2. The van der Waals surface area contributed by atoms with Crippen LogP contribution in [0.3, 0.4) is 0 Å². The maximum atomic E-state index is 11.0. The fraction of sp³-hybridized carbons (Fsp3) is 0.667. The maximum Gasteiger partial charge on any atom is 0.138 e. The van der Waals surface area contributed by atoms with Crippen molar-refractivity contribution >= 4 is 5.78 Å². The molecule has 0 aliphatic carbocycles. The van der Waals surface area contributed by atoms with Gasteiger partial charge in [0.05, 0.1) is 6.10 Å². The van der Waals surface area contributed by atoms with Gasteiger partial charge in [0, 0.05) is 5.41 Å². The van der Waals surface area contributed by atoms with Crippen molar-refractivity contribution in [2.24, 2.45) is 5.41 Å². The van der Waals surface area contributed by atoms with Crippen LogP contribution in [0.1, 0.15) is 27.2 Å². The molecule has 0 bridgehead atoms. The average Bonchev–Trinajstić information content (AvgIpc) is 1.88. The van der Waals surface area contributed by atoms with Gasteiger partial charge < -0.3 is 5.11 Å². The van der Waals surface area contributed by atoms with Gasteiger partial charge in [-0.3, -0.25) is 4.79 Å². The van der Waals surface area contributed by atoms with E-state index in [-0.39, 0.29) is 5.78 Å². The van der Waals surface area contributed by atoms with E-state index >= 15 is 0 Å². The number of carbonyl (C=O) groups is 1. The Labute approximate surface area is 67.9 Å². The number of aliphatic hydroxyl groups is 1. The van der Waals surface area contributed by atoms with Crippen molar-refractivity contribution in [1.29, 1.82) is 0 Å². The van der Waals surface area contributed by atoms with Gasteiger partial charge in [0.1, 0.15) is 5.78 Å². The lowest BCUT2D eigenvalue weighted by atomic mass is 9.81. The SMILES string of the molecule is C=CC[C@H](O)C(C)(C)C(C)=O. The molecule has 11 heavy (non-hydrogen) atoms. The van der Waals surface area contributed by atoms with E-state index in [1.165, 1.54) is 6.92 Å². The van der Waals surface area contributed by atoms with Crippen LogP contribution in [0.5, 0.6) is 0 Å². The summed E-state index contributed by atoms with van der Waals surface area (Å²) in [5, 5.41) is 9.46.